The second-order valence-corrected chi connectivity index (χ2v) is 20.6. The monoisotopic (exact) mass is 1010 g/mol. The average Bonchev–Trinajstić information content (AvgIpc) is 4.05. The Balaban J connectivity index is 0.833. The first kappa shape index (κ1) is 52.3. The number of thiazole rings is 1. The van der Waals surface area contributed by atoms with Gasteiger partial charge in [-0.3, -0.25) is 29.1 Å². The molecule has 0 radical (unpaired) electrons. The molecular weight excluding hydrogens is 950 g/mol. The number of anilines is 2. The van der Waals surface area contributed by atoms with Crippen LogP contribution in [-0.4, -0.2) is 81.0 Å². The van der Waals surface area contributed by atoms with Gasteiger partial charge in [0.15, 0.2) is 5.11 Å². The number of rotatable bonds is 17. The van der Waals surface area contributed by atoms with Crippen LogP contribution in [0.25, 0.3) is 21.6 Å². The smallest absolute Gasteiger partial charge is 0.372 e. The Kier molecular flexibility index (Phi) is 16.1. The summed E-state index contributed by atoms with van der Waals surface area (Å²) in [4.78, 5) is 68.5. The summed E-state index contributed by atoms with van der Waals surface area (Å²) < 4.78 is 47.0. The molecule has 7 rings (SSSR count). The van der Waals surface area contributed by atoms with Crippen molar-refractivity contribution in [2.75, 3.05) is 29.6 Å². The number of thiocarbonyl (C=S) groups is 1. The summed E-state index contributed by atoms with van der Waals surface area (Å²) in [5.74, 6) is -1.41. The van der Waals surface area contributed by atoms with Crippen LogP contribution in [0.2, 0.25) is 0 Å². The third-order valence-electron chi connectivity index (χ3n) is 12.8. The van der Waals surface area contributed by atoms with Gasteiger partial charge in [-0.05, 0) is 124 Å². The van der Waals surface area contributed by atoms with Crippen LogP contribution in [0, 0.1) is 23.7 Å². The van der Waals surface area contributed by atoms with Crippen molar-refractivity contribution in [1.29, 1.82) is 5.26 Å². The van der Waals surface area contributed by atoms with Gasteiger partial charge in [-0.25, -0.2) is 4.98 Å². The molecule has 2 aliphatic heterocycles. The predicted octanol–water partition coefficient (Wildman–Crippen LogP) is 9.56. The Hall–Kier alpha value is -6.55. The van der Waals surface area contributed by atoms with Gasteiger partial charge in [0.05, 0.1) is 39.0 Å². The number of unbranched alkanes of at least 4 members (excludes halogenated alkanes) is 2. The minimum absolute atomic E-state index is 0.0138. The molecule has 13 nitrogen and oxygen atoms in total. The van der Waals surface area contributed by atoms with Crippen LogP contribution in [0.15, 0.2) is 90.6 Å². The number of carbonyl (C=O) groups is 4. The number of alkyl halides is 3. The molecule has 18 heteroatoms. The van der Waals surface area contributed by atoms with E-state index in [1.807, 2.05) is 81.7 Å². The summed E-state index contributed by atoms with van der Waals surface area (Å²) >= 11 is 7.26. The molecular formula is C53H57F3N8O5S2. The van der Waals surface area contributed by atoms with E-state index in [0.717, 1.165) is 81.2 Å². The van der Waals surface area contributed by atoms with Crippen LogP contribution in [0.1, 0.15) is 94.8 Å². The van der Waals surface area contributed by atoms with Crippen LogP contribution in [0.4, 0.5) is 24.5 Å². The van der Waals surface area contributed by atoms with E-state index in [1.54, 1.807) is 59.4 Å². The number of benzene rings is 3. The number of ether oxygens (including phenoxy) is 1. The van der Waals surface area contributed by atoms with Gasteiger partial charge < -0.3 is 25.2 Å². The van der Waals surface area contributed by atoms with Crippen molar-refractivity contribution < 1.29 is 37.1 Å². The van der Waals surface area contributed by atoms with Gasteiger partial charge in [-0.15, -0.1) is 11.3 Å². The van der Waals surface area contributed by atoms with Crippen molar-refractivity contribution in [2.24, 2.45) is 5.41 Å². The summed E-state index contributed by atoms with van der Waals surface area (Å²) in [6.45, 7) is 11.9. The first-order valence-electron chi connectivity index (χ1n) is 23.5. The molecule has 5 aromatic rings. The lowest BCUT2D eigenvalue weighted by Gasteiger charge is -2.35. The van der Waals surface area contributed by atoms with Gasteiger partial charge in [-0.1, -0.05) is 69.7 Å². The lowest BCUT2D eigenvalue weighted by molar-refractivity contribution is -0.144. The van der Waals surface area contributed by atoms with E-state index in [4.69, 9.17) is 17.0 Å². The zero-order valence-corrected chi connectivity index (χ0v) is 42.2. The number of likely N-dealkylation sites (tertiary alicyclic amines) is 1. The fourth-order valence-electron chi connectivity index (χ4n) is 8.84. The van der Waals surface area contributed by atoms with Crippen molar-refractivity contribution in [3.05, 3.63) is 119 Å². The Morgan fingerprint density at radius 1 is 0.944 bits per heavy atom. The van der Waals surface area contributed by atoms with Crippen molar-refractivity contribution in [3.63, 3.8) is 0 Å². The lowest BCUT2D eigenvalue weighted by atomic mass is 9.85. The fraction of sp³-hybridized carbons (Fsp3) is 0.396. The number of amides is 4. The van der Waals surface area contributed by atoms with Crippen molar-refractivity contribution in [2.45, 2.75) is 110 Å². The number of hydrogen-bond acceptors (Lipinski definition) is 10. The van der Waals surface area contributed by atoms with Crippen LogP contribution >= 0.6 is 23.6 Å². The maximum atomic E-state index is 14.0. The summed E-state index contributed by atoms with van der Waals surface area (Å²) in [7, 11) is 0. The van der Waals surface area contributed by atoms with Gasteiger partial charge in [0.2, 0.25) is 17.7 Å². The molecule has 0 aliphatic carbocycles. The molecule has 0 bridgehead atoms. The number of aryl methyl sites for hydroxylation is 2. The van der Waals surface area contributed by atoms with Crippen LogP contribution in [0.3, 0.4) is 0 Å². The van der Waals surface area contributed by atoms with Gasteiger partial charge in [0, 0.05) is 42.8 Å². The van der Waals surface area contributed by atoms with Gasteiger partial charge in [-0.2, -0.15) is 18.4 Å². The highest BCUT2D eigenvalue weighted by molar-refractivity contribution is 7.81. The number of nitrogens with one attached hydrogen (secondary N) is 2. The summed E-state index contributed by atoms with van der Waals surface area (Å²) in [5.41, 5.74) is 4.43. The minimum atomic E-state index is -4.80. The van der Waals surface area contributed by atoms with Crippen molar-refractivity contribution >= 4 is 63.7 Å². The highest BCUT2D eigenvalue weighted by Crippen LogP contribution is 2.40. The fourth-order valence-corrected chi connectivity index (χ4v) is 10.2. The molecule has 4 heterocycles. The van der Waals surface area contributed by atoms with Crippen molar-refractivity contribution in [3.8, 4) is 27.6 Å². The number of pyridine rings is 1. The van der Waals surface area contributed by atoms with Gasteiger partial charge in [0.1, 0.15) is 24.2 Å². The molecule has 1 unspecified atom stereocenters. The summed E-state index contributed by atoms with van der Waals surface area (Å²) in [6, 6.07) is 22.4. The third kappa shape index (κ3) is 12.0. The number of nitrogens with zero attached hydrogens (tertiary/aromatic N) is 6. The SMILES string of the molecule is Cc1ncsc1-c1ccc(CNC(=O)[C@@H]2CCCN2C(=O)C(NC(=O)COCCCCCc2ccc(-c3ccc(N4C(=S)N(c5ccc(C#N)c(C(F)(F)F)c5)C(=O)C4(C)C)cc3)cn2)C(C)(C)C)cc1. The number of nitriles is 1. The molecule has 2 atom stereocenters. The van der Waals surface area contributed by atoms with Gasteiger partial charge in [0.25, 0.3) is 5.91 Å². The molecule has 2 aliphatic rings. The van der Waals surface area contributed by atoms with E-state index >= 15 is 0 Å². The molecule has 71 heavy (non-hydrogen) atoms. The summed E-state index contributed by atoms with van der Waals surface area (Å²) in [5, 5.41) is 15.2. The second-order valence-electron chi connectivity index (χ2n) is 19.3. The average molecular weight is 1010 g/mol. The maximum Gasteiger partial charge on any atom is 0.417 e. The normalized spacial score (nSPS) is 16.3. The highest BCUT2D eigenvalue weighted by atomic mass is 32.1. The molecule has 2 aromatic heterocycles. The Labute approximate surface area is 421 Å². The molecule has 3 aromatic carbocycles. The van der Waals surface area contributed by atoms with E-state index in [2.05, 4.69) is 20.6 Å². The van der Waals surface area contributed by atoms with Crippen LogP contribution < -0.4 is 20.4 Å². The molecule has 2 fully saturated rings. The summed E-state index contributed by atoms with van der Waals surface area (Å²) in [6.07, 6.45) is 1.37. The molecule has 4 amide bonds. The van der Waals surface area contributed by atoms with E-state index < -0.39 is 52.2 Å². The first-order chi connectivity index (χ1) is 33.7. The Bertz CT molecular complexity index is 2800. The van der Waals surface area contributed by atoms with Gasteiger partial charge >= 0.3 is 6.18 Å². The second kappa shape index (κ2) is 21.8. The highest BCUT2D eigenvalue weighted by Gasteiger charge is 2.51. The van der Waals surface area contributed by atoms with E-state index in [0.29, 0.717) is 38.2 Å². The lowest BCUT2D eigenvalue weighted by Crippen LogP contribution is -2.58. The Morgan fingerprint density at radius 3 is 2.27 bits per heavy atom. The number of carbonyl (C=O) groups excluding carboxylic acids is 4. The molecule has 372 valence electrons. The quantitative estimate of drug-likeness (QED) is 0.0678. The molecule has 0 spiro atoms. The Morgan fingerprint density at radius 2 is 1.63 bits per heavy atom. The standard InChI is InChI=1S/C53H57F3N8O5S2/c1-33-45(71-32-60-33)36-15-13-34(14-16-36)29-59-47(66)43-12-10-25-62(43)48(67)46(51(2,3)4)61-44(65)31-69-26-9-7-8-11-39-21-17-38(30-58-39)35-18-22-40(23-19-35)64-50(70)63(49(68)52(64,5)6)41-24-20-37(28-57)42(27-41)53(54,55)56/h13-24,27,30,32,43,46H,7-12,25-26,29,31H2,1-6H3,(H,59,66)(H,61,65)/t43-,46?/m0/s1. The number of hydrogen-bond donors (Lipinski definition) is 2. The number of halogens is 3. The molecule has 0 saturated carbocycles. The van der Waals surface area contributed by atoms with E-state index in [9.17, 15) is 37.6 Å². The largest absolute Gasteiger partial charge is 0.417 e. The molecule has 2 N–H and O–H groups in total. The van der Waals surface area contributed by atoms with Crippen molar-refractivity contribution in [1.82, 2.24) is 25.5 Å². The molecule has 2 saturated heterocycles. The van der Waals surface area contributed by atoms with E-state index in [1.165, 1.54) is 6.07 Å². The topological polar surface area (TPSA) is 161 Å². The van der Waals surface area contributed by atoms with Crippen LogP contribution in [-0.2, 0) is 43.1 Å². The first-order valence-corrected chi connectivity index (χ1v) is 24.8. The minimum Gasteiger partial charge on any atom is -0.372 e. The maximum absolute atomic E-state index is 14.0. The zero-order chi connectivity index (χ0) is 51.3. The predicted molar refractivity (Wildman–Crippen MR) is 271 cm³/mol. The van der Waals surface area contributed by atoms with Crippen LogP contribution in [0.5, 0.6) is 0 Å². The van der Waals surface area contributed by atoms with E-state index in [-0.39, 0.29) is 29.2 Å². The number of aromatic nitrogens is 2. The zero-order valence-electron chi connectivity index (χ0n) is 40.6. The third-order valence-corrected chi connectivity index (χ3v) is 14.1.